The van der Waals surface area contributed by atoms with Crippen molar-refractivity contribution in [2.75, 3.05) is 12.3 Å². The Balaban J connectivity index is 1.73. The van der Waals surface area contributed by atoms with Crippen LogP contribution in [0.2, 0.25) is 0 Å². The van der Waals surface area contributed by atoms with Gasteiger partial charge in [-0.15, -0.1) is 0 Å². The highest BCUT2D eigenvalue weighted by Crippen LogP contribution is 2.20. The summed E-state index contributed by atoms with van der Waals surface area (Å²) in [5.41, 5.74) is 6.73. The van der Waals surface area contributed by atoms with Crippen LogP contribution in [0.5, 0.6) is 0 Å². The molecule has 1 aromatic carbocycles. The summed E-state index contributed by atoms with van der Waals surface area (Å²) >= 11 is 0. The summed E-state index contributed by atoms with van der Waals surface area (Å²) in [6.07, 6.45) is 3.20. The zero-order valence-corrected chi connectivity index (χ0v) is 18.3. The van der Waals surface area contributed by atoms with Crippen molar-refractivity contribution in [2.45, 2.75) is 57.8 Å². The molecule has 0 saturated carbocycles. The van der Waals surface area contributed by atoms with Crippen LogP contribution in [-0.2, 0) is 22.6 Å². The van der Waals surface area contributed by atoms with Crippen LogP contribution >= 0.6 is 0 Å². The van der Waals surface area contributed by atoms with E-state index < -0.39 is 23.6 Å². The molecule has 4 N–H and O–H groups in total. The van der Waals surface area contributed by atoms with Crippen molar-refractivity contribution in [3.05, 3.63) is 59.3 Å². The molecule has 3 rings (SSSR count). The van der Waals surface area contributed by atoms with Gasteiger partial charge in [0.1, 0.15) is 11.9 Å². The number of carbonyl (C=O) groups excluding carboxylic acids is 2. The summed E-state index contributed by atoms with van der Waals surface area (Å²) in [6, 6.07) is 5.77. The number of nitrogens with one attached hydrogen (secondary N) is 2. The van der Waals surface area contributed by atoms with Crippen LogP contribution < -0.4 is 16.4 Å². The number of benzene rings is 1. The molecule has 1 aliphatic heterocycles. The molecule has 0 spiro atoms. The SMILES string of the molecule is CC(C)N1CCC[C@@H]1C(=O)N[C@@H](Cc1ccc(F)c(F)c1)C(=O)NCc1ccc(N)nc1. The molecule has 2 atom stereocenters. The third kappa shape index (κ3) is 6.00. The monoisotopic (exact) mass is 445 g/mol. The number of carbonyl (C=O) groups is 2. The molecule has 2 amide bonds. The van der Waals surface area contributed by atoms with Crippen molar-refractivity contribution in [1.29, 1.82) is 0 Å². The van der Waals surface area contributed by atoms with Gasteiger partial charge < -0.3 is 16.4 Å². The number of aromatic nitrogens is 1. The second kappa shape index (κ2) is 10.5. The normalized spacial score (nSPS) is 17.3. The Morgan fingerprint density at radius 2 is 1.94 bits per heavy atom. The molecule has 0 unspecified atom stereocenters. The lowest BCUT2D eigenvalue weighted by atomic mass is 10.0. The van der Waals surface area contributed by atoms with Crippen molar-refractivity contribution >= 4 is 17.6 Å². The van der Waals surface area contributed by atoms with E-state index in [-0.39, 0.29) is 31.0 Å². The zero-order valence-electron chi connectivity index (χ0n) is 18.3. The summed E-state index contributed by atoms with van der Waals surface area (Å²) in [5, 5.41) is 5.61. The third-order valence-electron chi connectivity index (χ3n) is 5.63. The van der Waals surface area contributed by atoms with E-state index in [0.717, 1.165) is 30.7 Å². The largest absolute Gasteiger partial charge is 0.384 e. The number of anilines is 1. The van der Waals surface area contributed by atoms with E-state index in [0.29, 0.717) is 17.8 Å². The van der Waals surface area contributed by atoms with Crippen molar-refractivity contribution < 1.29 is 18.4 Å². The molecule has 1 saturated heterocycles. The topological polar surface area (TPSA) is 100 Å². The summed E-state index contributed by atoms with van der Waals surface area (Å²) in [6.45, 7) is 5.06. The number of hydrogen-bond acceptors (Lipinski definition) is 5. The maximum atomic E-state index is 13.7. The van der Waals surface area contributed by atoms with Crippen molar-refractivity contribution in [3.8, 4) is 0 Å². The first-order valence-corrected chi connectivity index (χ1v) is 10.7. The van der Waals surface area contributed by atoms with E-state index in [2.05, 4.69) is 20.5 Å². The predicted octanol–water partition coefficient (Wildman–Crippen LogP) is 2.16. The van der Waals surface area contributed by atoms with Crippen LogP contribution in [0.4, 0.5) is 14.6 Å². The first kappa shape index (κ1) is 23.6. The van der Waals surface area contributed by atoms with Gasteiger partial charge in [0.2, 0.25) is 11.8 Å². The van der Waals surface area contributed by atoms with Crippen LogP contribution in [0.15, 0.2) is 36.5 Å². The number of nitrogens with zero attached hydrogens (tertiary/aromatic N) is 2. The highest BCUT2D eigenvalue weighted by Gasteiger charge is 2.34. The minimum absolute atomic E-state index is 0.0309. The van der Waals surface area contributed by atoms with Crippen molar-refractivity contribution in [3.63, 3.8) is 0 Å². The summed E-state index contributed by atoms with van der Waals surface area (Å²) in [4.78, 5) is 32.0. The van der Waals surface area contributed by atoms with Crippen molar-refractivity contribution in [1.82, 2.24) is 20.5 Å². The molecular formula is C23H29F2N5O2. The first-order chi connectivity index (χ1) is 15.2. The predicted molar refractivity (Wildman–Crippen MR) is 117 cm³/mol. The Labute approximate surface area is 186 Å². The molecule has 9 heteroatoms. The standard InChI is InChI=1S/C23H29F2N5O2/c1-14(2)30-9-3-4-20(30)23(32)29-19(11-15-5-7-17(24)18(25)10-15)22(31)28-13-16-6-8-21(26)27-12-16/h5-8,10,12,14,19-20H,3-4,9,11,13H2,1-2H3,(H2,26,27)(H,28,31)(H,29,32)/t19-,20+/m0/s1. The third-order valence-corrected chi connectivity index (χ3v) is 5.63. The number of pyridine rings is 1. The molecule has 1 aliphatic rings. The van der Waals surface area contributed by atoms with Gasteiger partial charge in [-0.1, -0.05) is 12.1 Å². The van der Waals surface area contributed by atoms with Gasteiger partial charge in [0, 0.05) is 25.2 Å². The first-order valence-electron chi connectivity index (χ1n) is 10.7. The summed E-state index contributed by atoms with van der Waals surface area (Å²) < 4.78 is 27.0. The Bertz CT molecular complexity index is 952. The fourth-order valence-electron chi connectivity index (χ4n) is 3.92. The molecule has 2 aromatic rings. The number of hydrogen-bond donors (Lipinski definition) is 3. The Morgan fingerprint density at radius 1 is 1.19 bits per heavy atom. The fourth-order valence-corrected chi connectivity index (χ4v) is 3.92. The van der Waals surface area contributed by atoms with E-state index in [1.165, 1.54) is 6.07 Å². The second-order valence-electron chi connectivity index (χ2n) is 8.31. The molecule has 0 radical (unpaired) electrons. The van der Waals surface area contributed by atoms with E-state index in [9.17, 15) is 18.4 Å². The minimum atomic E-state index is -0.997. The van der Waals surface area contributed by atoms with Crippen molar-refractivity contribution in [2.24, 2.45) is 0 Å². The average molecular weight is 446 g/mol. The lowest BCUT2D eigenvalue weighted by Gasteiger charge is -2.29. The Hall–Kier alpha value is -3.07. The van der Waals surface area contributed by atoms with Gasteiger partial charge in [0.05, 0.1) is 6.04 Å². The quantitative estimate of drug-likeness (QED) is 0.578. The van der Waals surface area contributed by atoms with E-state index >= 15 is 0 Å². The van der Waals surface area contributed by atoms with Gasteiger partial charge >= 0.3 is 0 Å². The summed E-state index contributed by atoms with van der Waals surface area (Å²) in [5.74, 6) is -2.26. The molecule has 2 heterocycles. The van der Waals surface area contributed by atoms with Gasteiger partial charge in [0.15, 0.2) is 11.6 Å². The van der Waals surface area contributed by atoms with Crippen LogP contribution in [0, 0.1) is 11.6 Å². The van der Waals surface area contributed by atoms with E-state index in [1.807, 2.05) is 13.8 Å². The number of nitrogens with two attached hydrogens (primary N) is 1. The Morgan fingerprint density at radius 3 is 2.59 bits per heavy atom. The van der Waals surface area contributed by atoms with Crippen LogP contribution in [0.1, 0.15) is 37.8 Å². The number of likely N-dealkylation sites (tertiary alicyclic amines) is 1. The van der Waals surface area contributed by atoms with Crippen LogP contribution in [0.3, 0.4) is 0 Å². The van der Waals surface area contributed by atoms with Gasteiger partial charge in [-0.2, -0.15) is 0 Å². The highest BCUT2D eigenvalue weighted by atomic mass is 19.2. The molecule has 0 aliphatic carbocycles. The van der Waals surface area contributed by atoms with Crippen LogP contribution in [0.25, 0.3) is 0 Å². The lowest BCUT2D eigenvalue weighted by Crippen LogP contribution is -2.53. The molecule has 1 fully saturated rings. The molecular weight excluding hydrogens is 416 g/mol. The maximum absolute atomic E-state index is 13.7. The molecule has 7 nitrogen and oxygen atoms in total. The summed E-state index contributed by atoms with van der Waals surface area (Å²) in [7, 11) is 0. The zero-order chi connectivity index (χ0) is 23.3. The smallest absolute Gasteiger partial charge is 0.243 e. The molecule has 1 aromatic heterocycles. The Kier molecular flexibility index (Phi) is 7.74. The highest BCUT2D eigenvalue weighted by molar-refractivity contribution is 5.90. The second-order valence-corrected chi connectivity index (χ2v) is 8.31. The average Bonchev–Trinajstić information content (AvgIpc) is 3.26. The molecule has 0 bridgehead atoms. The fraction of sp³-hybridized carbons (Fsp3) is 0.435. The number of rotatable bonds is 8. The maximum Gasteiger partial charge on any atom is 0.243 e. The number of nitrogen functional groups attached to an aromatic ring is 1. The van der Waals surface area contributed by atoms with Gasteiger partial charge in [0.25, 0.3) is 0 Å². The van der Waals surface area contributed by atoms with Gasteiger partial charge in [-0.05, 0) is 62.6 Å². The molecule has 32 heavy (non-hydrogen) atoms. The molecule has 172 valence electrons. The lowest BCUT2D eigenvalue weighted by molar-refractivity contribution is -0.131. The van der Waals surface area contributed by atoms with E-state index in [4.69, 9.17) is 5.73 Å². The van der Waals surface area contributed by atoms with Crippen LogP contribution in [-0.4, -0.2) is 46.4 Å². The van der Waals surface area contributed by atoms with Gasteiger partial charge in [-0.3, -0.25) is 14.5 Å². The number of amides is 2. The van der Waals surface area contributed by atoms with E-state index in [1.54, 1.807) is 18.3 Å². The number of halogens is 2. The van der Waals surface area contributed by atoms with Gasteiger partial charge in [-0.25, -0.2) is 13.8 Å². The minimum Gasteiger partial charge on any atom is -0.384 e.